The third-order valence-electron chi connectivity index (χ3n) is 2.98. The van der Waals surface area contributed by atoms with Gasteiger partial charge < -0.3 is 5.32 Å². The molecular weight excluding hydrogens is 146 g/mol. The molecule has 1 nitrogen and oxygen atoms in total. The minimum absolute atomic E-state index is 0.655. The van der Waals surface area contributed by atoms with Crippen molar-refractivity contribution < 1.29 is 0 Å². The second-order valence-corrected chi connectivity index (χ2v) is 4.38. The van der Waals surface area contributed by atoms with E-state index >= 15 is 0 Å². The van der Waals surface area contributed by atoms with Crippen LogP contribution in [0.5, 0.6) is 0 Å². The first-order chi connectivity index (χ1) is 5.74. The van der Waals surface area contributed by atoms with Crippen molar-refractivity contribution >= 4 is 0 Å². The summed E-state index contributed by atoms with van der Waals surface area (Å²) in [6, 6.07) is 1.46. The Hall–Kier alpha value is -0.0400. The van der Waals surface area contributed by atoms with E-state index in [0.29, 0.717) is 6.04 Å². The molecule has 0 bridgehead atoms. The van der Waals surface area contributed by atoms with Gasteiger partial charge >= 0.3 is 0 Å². The molecule has 0 saturated heterocycles. The van der Waals surface area contributed by atoms with Gasteiger partial charge in [-0.1, -0.05) is 40.0 Å². The highest BCUT2D eigenvalue weighted by molar-refractivity contribution is 4.81. The van der Waals surface area contributed by atoms with Crippen LogP contribution in [-0.4, -0.2) is 12.1 Å². The van der Waals surface area contributed by atoms with E-state index in [1.165, 1.54) is 32.1 Å². The lowest BCUT2D eigenvalue weighted by molar-refractivity contribution is 0.244. The molecule has 0 radical (unpaired) electrons. The second-order valence-electron chi connectivity index (χ2n) is 4.38. The van der Waals surface area contributed by atoms with E-state index in [1.807, 2.05) is 0 Å². The highest BCUT2D eigenvalue weighted by Gasteiger charge is 2.23. The Morgan fingerprint density at radius 1 is 1.25 bits per heavy atom. The van der Waals surface area contributed by atoms with Crippen LogP contribution in [0, 0.1) is 5.92 Å². The Morgan fingerprint density at radius 2 is 1.92 bits per heavy atom. The van der Waals surface area contributed by atoms with Crippen molar-refractivity contribution in [2.75, 3.05) is 0 Å². The molecule has 0 heterocycles. The van der Waals surface area contributed by atoms with Crippen molar-refractivity contribution in [2.45, 2.75) is 65.0 Å². The lowest BCUT2D eigenvalue weighted by atomic mass is 9.82. The summed E-state index contributed by atoms with van der Waals surface area (Å²) in [5.74, 6) is 0.946. The van der Waals surface area contributed by atoms with Crippen LogP contribution in [0.3, 0.4) is 0 Å². The molecule has 0 aromatic carbocycles. The number of hydrogen-bond acceptors (Lipinski definition) is 1. The van der Waals surface area contributed by atoms with E-state index in [1.54, 1.807) is 0 Å². The number of hydrogen-bond donors (Lipinski definition) is 1. The topological polar surface area (TPSA) is 12.0 Å². The largest absolute Gasteiger partial charge is 0.312 e. The van der Waals surface area contributed by atoms with Crippen LogP contribution >= 0.6 is 0 Å². The summed E-state index contributed by atoms with van der Waals surface area (Å²) in [5, 5.41) is 3.68. The summed E-state index contributed by atoms with van der Waals surface area (Å²) < 4.78 is 0. The SMILES string of the molecule is CCC1CCCCC1NC(C)C. The van der Waals surface area contributed by atoms with Crippen molar-refractivity contribution in [3.8, 4) is 0 Å². The van der Waals surface area contributed by atoms with Gasteiger partial charge in [0.1, 0.15) is 0 Å². The third-order valence-corrected chi connectivity index (χ3v) is 2.98. The van der Waals surface area contributed by atoms with Gasteiger partial charge in [-0.25, -0.2) is 0 Å². The van der Waals surface area contributed by atoms with Gasteiger partial charge in [0.2, 0.25) is 0 Å². The molecule has 2 atom stereocenters. The summed E-state index contributed by atoms with van der Waals surface area (Å²) in [7, 11) is 0. The van der Waals surface area contributed by atoms with Crippen LogP contribution in [0.25, 0.3) is 0 Å². The quantitative estimate of drug-likeness (QED) is 0.685. The molecule has 72 valence electrons. The Bertz CT molecular complexity index is 120. The lowest BCUT2D eigenvalue weighted by Gasteiger charge is -2.33. The van der Waals surface area contributed by atoms with E-state index in [9.17, 15) is 0 Å². The van der Waals surface area contributed by atoms with Crippen molar-refractivity contribution in [1.29, 1.82) is 0 Å². The van der Waals surface area contributed by atoms with Gasteiger partial charge in [0, 0.05) is 12.1 Å². The maximum Gasteiger partial charge on any atom is 0.00975 e. The van der Waals surface area contributed by atoms with E-state index in [2.05, 4.69) is 26.1 Å². The van der Waals surface area contributed by atoms with Gasteiger partial charge in [-0.15, -0.1) is 0 Å². The molecule has 2 unspecified atom stereocenters. The molecule has 0 aromatic rings. The first-order valence-electron chi connectivity index (χ1n) is 5.50. The molecule has 1 saturated carbocycles. The number of rotatable bonds is 3. The summed E-state index contributed by atoms with van der Waals surface area (Å²) in [6.07, 6.45) is 7.08. The molecule has 1 rings (SSSR count). The number of nitrogens with one attached hydrogen (secondary N) is 1. The zero-order valence-corrected chi connectivity index (χ0v) is 8.77. The maximum atomic E-state index is 3.68. The maximum absolute atomic E-state index is 3.68. The van der Waals surface area contributed by atoms with Crippen molar-refractivity contribution in [3.63, 3.8) is 0 Å². The van der Waals surface area contributed by atoms with Crippen LogP contribution in [-0.2, 0) is 0 Å². The van der Waals surface area contributed by atoms with Gasteiger partial charge in [0.05, 0.1) is 0 Å². The van der Waals surface area contributed by atoms with Gasteiger partial charge in [-0.05, 0) is 18.8 Å². The molecule has 1 N–H and O–H groups in total. The zero-order chi connectivity index (χ0) is 8.97. The third kappa shape index (κ3) is 2.78. The summed E-state index contributed by atoms with van der Waals surface area (Å²) in [5.41, 5.74) is 0. The van der Waals surface area contributed by atoms with Crippen LogP contribution in [0.4, 0.5) is 0 Å². The molecule has 0 spiro atoms. The van der Waals surface area contributed by atoms with Crippen LogP contribution in [0.1, 0.15) is 52.9 Å². The molecule has 1 aliphatic rings. The van der Waals surface area contributed by atoms with Crippen molar-refractivity contribution in [3.05, 3.63) is 0 Å². The normalized spacial score (nSPS) is 31.0. The van der Waals surface area contributed by atoms with Crippen LogP contribution < -0.4 is 5.32 Å². The Kier molecular flexibility index (Phi) is 4.07. The van der Waals surface area contributed by atoms with Crippen LogP contribution in [0.2, 0.25) is 0 Å². The molecule has 0 amide bonds. The fourth-order valence-electron chi connectivity index (χ4n) is 2.34. The lowest BCUT2D eigenvalue weighted by Crippen LogP contribution is -2.41. The van der Waals surface area contributed by atoms with Crippen molar-refractivity contribution in [1.82, 2.24) is 5.32 Å². The minimum atomic E-state index is 0.655. The molecular formula is C11H23N. The monoisotopic (exact) mass is 169 g/mol. The van der Waals surface area contributed by atoms with Crippen LogP contribution in [0.15, 0.2) is 0 Å². The fourth-order valence-corrected chi connectivity index (χ4v) is 2.34. The summed E-state index contributed by atoms with van der Waals surface area (Å²) in [4.78, 5) is 0. The Labute approximate surface area is 76.9 Å². The second kappa shape index (κ2) is 4.86. The van der Waals surface area contributed by atoms with Gasteiger partial charge in [0.15, 0.2) is 0 Å². The molecule has 1 fully saturated rings. The van der Waals surface area contributed by atoms with Gasteiger partial charge in [-0.2, -0.15) is 0 Å². The predicted octanol–water partition coefficient (Wildman–Crippen LogP) is 2.95. The fraction of sp³-hybridized carbons (Fsp3) is 1.00. The summed E-state index contributed by atoms with van der Waals surface area (Å²) >= 11 is 0. The van der Waals surface area contributed by atoms with E-state index in [-0.39, 0.29) is 0 Å². The highest BCUT2D eigenvalue weighted by atomic mass is 14.9. The summed E-state index contributed by atoms with van der Waals surface area (Å²) in [6.45, 7) is 6.83. The predicted molar refractivity (Wildman–Crippen MR) is 54.3 cm³/mol. The standard InChI is InChI=1S/C11H23N/c1-4-10-7-5-6-8-11(10)12-9(2)3/h9-12H,4-8H2,1-3H3. The Balaban J connectivity index is 2.36. The smallest absolute Gasteiger partial charge is 0.00975 e. The molecule has 1 heteroatoms. The van der Waals surface area contributed by atoms with Gasteiger partial charge in [0.25, 0.3) is 0 Å². The Morgan fingerprint density at radius 3 is 2.50 bits per heavy atom. The highest BCUT2D eigenvalue weighted by Crippen LogP contribution is 2.26. The molecule has 1 aliphatic carbocycles. The average Bonchev–Trinajstić information content (AvgIpc) is 2.04. The van der Waals surface area contributed by atoms with E-state index in [4.69, 9.17) is 0 Å². The molecule has 0 aromatic heterocycles. The first kappa shape index (κ1) is 10.0. The average molecular weight is 169 g/mol. The molecule has 12 heavy (non-hydrogen) atoms. The molecule has 0 aliphatic heterocycles. The van der Waals surface area contributed by atoms with E-state index in [0.717, 1.165) is 12.0 Å². The van der Waals surface area contributed by atoms with Crippen molar-refractivity contribution in [2.24, 2.45) is 5.92 Å². The first-order valence-corrected chi connectivity index (χ1v) is 5.50. The van der Waals surface area contributed by atoms with E-state index < -0.39 is 0 Å². The zero-order valence-electron chi connectivity index (χ0n) is 8.77. The van der Waals surface area contributed by atoms with Gasteiger partial charge in [-0.3, -0.25) is 0 Å². The minimum Gasteiger partial charge on any atom is -0.312 e.